The van der Waals surface area contributed by atoms with Gasteiger partial charge in [-0.3, -0.25) is 4.90 Å². The van der Waals surface area contributed by atoms with Crippen molar-refractivity contribution in [2.75, 3.05) is 32.9 Å². The van der Waals surface area contributed by atoms with Gasteiger partial charge in [-0.1, -0.05) is 6.92 Å². The van der Waals surface area contributed by atoms with Crippen LogP contribution in [0.2, 0.25) is 0 Å². The molecule has 0 bridgehead atoms. The lowest BCUT2D eigenvalue weighted by atomic mass is 9.98. The molecule has 4 atom stereocenters. The molecule has 0 aromatic rings. The second kappa shape index (κ2) is 6.14. The zero-order valence-electron chi connectivity index (χ0n) is 11.1. The maximum atomic E-state index is 6.31. The van der Waals surface area contributed by atoms with Crippen molar-refractivity contribution < 1.29 is 9.47 Å². The van der Waals surface area contributed by atoms with Crippen LogP contribution in [0, 0.1) is 5.92 Å². The Morgan fingerprint density at radius 1 is 1.41 bits per heavy atom. The van der Waals surface area contributed by atoms with Gasteiger partial charge in [0.25, 0.3) is 0 Å². The molecule has 2 saturated heterocycles. The van der Waals surface area contributed by atoms with Gasteiger partial charge in [-0.05, 0) is 19.8 Å². The SMILES string of the molecule is CCC1COC(C)CN1CC(N)C1CCOC1. The fourth-order valence-corrected chi connectivity index (χ4v) is 2.82. The minimum atomic E-state index is 0.247. The van der Waals surface area contributed by atoms with Gasteiger partial charge in [0.1, 0.15) is 0 Å². The summed E-state index contributed by atoms with van der Waals surface area (Å²) in [6, 6.07) is 0.788. The first-order valence-electron chi connectivity index (χ1n) is 6.89. The van der Waals surface area contributed by atoms with Crippen LogP contribution >= 0.6 is 0 Å². The molecule has 0 spiro atoms. The molecule has 2 aliphatic heterocycles. The number of ether oxygens (including phenoxy) is 2. The van der Waals surface area contributed by atoms with Gasteiger partial charge in [0.2, 0.25) is 0 Å². The Labute approximate surface area is 104 Å². The Hall–Kier alpha value is -0.160. The summed E-state index contributed by atoms with van der Waals surface area (Å²) in [5.41, 5.74) is 6.31. The van der Waals surface area contributed by atoms with Gasteiger partial charge in [0.15, 0.2) is 0 Å². The molecule has 0 amide bonds. The molecular formula is C13H26N2O2. The average molecular weight is 242 g/mol. The Kier molecular flexibility index (Phi) is 4.79. The summed E-state index contributed by atoms with van der Waals surface area (Å²) in [6.07, 6.45) is 2.60. The molecule has 2 N–H and O–H groups in total. The van der Waals surface area contributed by atoms with Crippen molar-refractivity contribution in [1.82, 2.24) is 4.90 Å². The van der Waals surface area contributed by atoms with Crippen molar-refractivity contribution in [3.63, 3.8) is 0 Å². The maximum Gasteiger partial charge on any atom is 0.0674 e. The van der Waals surface area contributed by atoms with Gasteiger partial charge >= 0.3 is 0 Å². The van der Waals surface area contributed by atoms with Crippen LogP contribution in [0.3, 0.4) is 0 Å². The summed E-state index contributed by atoms with van der Waals surface area (Å²) in [6.45, 7) is 8.95. The minimum Gasteiger partial charge on any atom is -0.381 e. The normalized spacial score (nSPS) is 37.2. The number of nitrogens with two attached hydrogens (primary N) is 1. The molecule has 0 aliphatic carbocycles. The number of morpholine rings is 1. The third-order valence-electron chi connectivity index (χ3n) is 4.07. The van der Waals surface area contributed by atoms with Gasteiger partial charge in [-0.2, -0.15) is 0 Å². The average Bonchev–Trinajstić information content (AvgIpc) is 2.83. The monoisotopic (exact) mass is 242 g/mol. The highest BCUT2D eigenvalue weighted by atomic mass is 16.5. The molecule has 0 saturated carbocycles. The minimum absolute atomic E-state index is 0.247. The van der Waals surface area contributed by atoms with E-state index in [1.165, 1.54) is 0 Å². The summed E-state index contributed by atoms with van der Waals surface area (Å²) in [7, 11) is 0. The van der Waals surface area contributed by atoms with E-state index < -0.39 is 0 Å². The van der Waals surface area contributed by atoms with Crippen molar-refractivity contribution >= 4 is 0 Å². The van der Waals surface area contributed by atoms with E-state index in [0.29, 0.717) is 18.1 Å². The third-order valence-corrected chi connectivity index (χ3v) is 4.07. The standard InChI is InChI=1S/C13H26N2O2/c1-3-12-9-17-10(2)6-15(12)7-13(14)11-4-5-16-8-11/h10-13H,3-9,14H2,1-2H3. The second-order valence-corrected chi connectivity index (χ2v) is 5.45. The van der Waals surface area contributed by atoms with Crippen molar-refractivity contribution in [1.29, 1.82) is 0 Å². The fraction of sp³-hybridized carbons (Fsp3) is 1.00. The van der Waals surface area contributed by atoms with Crippen molar-refractivity contribution in [3.8, 4) is 0 Å². The molecule has 2 heterocycles. The summed E-state index contributed by atoms with van der Waals surface area (Å²) in [5, 5.41) is 0. The van der Waals surface area contributed by atoms with Crippen LogP contribution in [-0.2, 0) is 9.47 Å². The number of nitrogens with zero attached hydrogens (tertiary/aromatic N) is 1. The topological polar surface area (TPSA) is 47.7 Å². The summed E-state index contributed by atoms with van der Waals surface area (Å²) in [4.78, 5) is 2.51. The lowest BCUT2D eigenvalue weighted by molar-refractivity contribution is -0.0590. The van der Waals surface area contributed by atoms with Crippen LogP contribution in [0.15, 0.2) is 0 Å². The van der Waals surface area contributed by atoms with E-state index in [1.807, 2.05) is 0 Å². The molecule has 0 aromatic heterocycles. The molecule has 0 aromatic carbocycles. The number of hydrogen-bond donors (Lipinski definition) is 1. The van der Waals surface area contributed by atoms with Gasteiger partial charge in [0, 0.05) is 37.7 Å². The van der Waals surface area contributed by atoms with Gasteiger partial charge in [-0.25, -0.2) is 0 Å². The first-order valence-corrected chi connectivity index (χ1v) is 6.89. The van der Waals surface area contributed by atoms with Crippen molar-refractivity contribution in [3.05, 3.63) is 0 Å². The second-order valence-electron chi connectivity index (χ2n) is 5.45. The van der Waals surface area contributed by atoms with E-state index >= 15 is 0 Å². The molecule has 2 rings (SSSR count). The maximum absolute atomic E-state index is 6.31. The molecule has 2 fully saturated rings. The highest BCUT2D eigenvalue weighted by Gasteiger charge is 2.30. The predicted octanol–water partition coefficient (Wildman–Crippen LogP) is 0.850. The Morgan fingerprint density at radius 2 is 2.24 bits per heavy atom. The number of hydrogen-bond acceptors (Lipinski definition) is 4. The fourth-order valence-electron chi connectivity index (χ4n) is 2.82. The van der Waals surface area contributed by atoms with Crippen molar-refractivity contribution in [2.24, 2.45) is 11.7 Å². The molecule has 4 unspecified atom stereocenters. The Balaban J connectivity index is 1.85. The van der Waals surface area contributed by atoms with E-state index in [4.69, 9.17) is 15.2 Å². The van der Waals surface area contributed by atoms with E-state index in [-0.39, 0.29) is 6.04 Å². The van der Waals surface area contributed by atoms with E-state index in [9.17, 15) is 0 Å². The van der Waals surface area contributed by atoms with Gasteiger partial charge in [0.05, 0.1) is 19.3 Å². The van der Waals surface area contributed by atoms with E-state index in [0.717, 1.165) is 45.8 Å². The molecular weight excluding hydrogens is 216 g/mol. The van der Waals surface area contributed by atoms with Gasteiger partial charge < -0.3 is 15.2 Å². The quantitative estimate of drug-likeness (QED) is 0.794. The molecule has 17 heavy (non-hydrogen) atoms. The highest BCUT2D eigenvalue weighted by molar-refractivity contribution is 4.84. The first kappa shape index (κ1) is 13.3. The van der Waals surface area contributed by atoms with E-state index in [2.05, 4.69) is 18.7 Å². The van der Waals surface area contributed by atoms with Crippen LogP contribution in [0.5, 0.6) is 0 Å². The molecule has 100 valence electrons. The molecule has 4 nitrogen and oxygen atoms in total. The van der Waals surface area contributed by atoms with Crippen LogP contribution in [0.4, 0.5) is 0 Å². The third kappa shape index (κ3) is 3.41. The zero-order chi connectivity index (χ0) is 12.3. The summed E-state index contributed by atoms with van der Waals surface area (Å²) in [5.74, 6) is 0.547. The smallest absolute Gasteiger partial charge is 0.0674 e. The Bertz CT molecular complexity index is 231. The summed E-state index contributed by atoms with van der Waals surface area (Å²) >= 11 is 0. The zero-order valence-corrected chi connectivity index (χ0v) is 11.1. The van der Waals surface area contributed by atoms with Crippen molar-refractivity contribution in [2.45, 2.75) is 44.9 Å². The molecule has 4 heteroatoms. The first-order chi connectivity index (χ1) is 8.20. The van der Waals surface area contributed by atoms with Crippen LogP contribution in [-0.4, -0.2) is 56.0 Å². The van der Waals surface area contributed by atoms with E-state index in [1.54, 1.807) is 0 Å². The van der Waals surface area contributed by atoms with Crippen LogP contribution < -0.4 is 5.73 Å². The Morgan fingerprint density at radius 3 is 2.88 bits per heavy atom. The predicted molar refractivity (Wildman–Crippen MR) is 68.0 cm³/mol. The number of rotatable bonds is 4. The molecule has 2 aliphatic rings. The lowest BCUT2D eigenvalue weighted by Gasteiger charge is -2.40. The van der Waals surface area contributed by atoms with Crippen LogP contribution in [0.1, 0.15) is 26.7 Å². The largest absolute Gasteiger partial charge is 0.381 e. The van der Waals surface area contributed by atoms with Gasteiger partial charge in [-0.15, -0.1) is 0 Å². The molecule has 0 radical (unpaired) electrons. The lowest BCUT2D eigenvalue weighted by Crippen LogP contribution is -2.53. The summed E-state index contributed by atoms with van der Waals surface area (Å²) < 4.78 is 11.1. The highest BCUT2D eigenvalue weighted by Crippen LogP contribution is 2.20. The van der Waals surface area contributed by atoms with Crippen LogP contribution in [0.25, 0.3) is 0 Å².